The molecular formula is C28H32N2O. The fraction of sp³-hybridized carbons (Fsp3) is 0.536. The van der Waals surface area contributed by atoms with Crippen LogP contribution in [0.15, 0.2) is 60.0 Å². The maximum atomic E-state index is 7.26. The van der Waals surface area contributed by atoms with Crippen molar-refractivity contribution < 1.29 is 4.74 Å². The maximum absolute atomic E-state index is 7.26. The number of nitrogens with zero attached hydrogens (tertiary/aromatic N) is 1. The summed E-state index contributed by atoms with van der Waals surface area (Å²) in [7, 11) is 0. The smallest absolute Gasteiger partial charge is 0.0974 e. The number of rotatable bonds is 1. The topological polar surface area (TPSA) is 48.1 Å². The Labute approximate surface area is 184 Å². The van der Waals surface area contributed by atoms with Crippen molar-refractivity contribution in [2.75, 3.05) is 0 Å². The third-order valence-electron chi connectivity index (χ3n) is 9.79. The molecule has 2 aliphatic heterocycles. The van der Waals surface area contributed by atoms with Gasteiger partial charge in [0.15, 0.2) is 0 Å². The van der Waals surface area contributed by atoms with E-state index in [0.717, 1.165) is 32.1 Å². The molecule has 2 spiro atoms. The molecule has 1 saturated heterocycles. The lowest BCUT2D eigenvalue weighted by Crippen LogP contribution is -2.54. The molecule has 2 aromatic rings. The van der Waals surface area contributed by atoms with E-state index < -0.39 is 0 Å². The summed E-state index contributed by atoms with van der Waals surface area (Å²) in [6.45, 7) is 2.55. The minimum Gasteiger partial charge on any atom is -0.359 e. The predicted molar refractivity (Wildman–Crippen MR) is 124 cm³/mol. The third kappa shape index (κ3) is 2.34. The number of allylic oxidation sites excluding steroid dienone is 1. The molecule has 2 N–H and O–H groups in total. The lowest BCUT2D eigenvalue weighted by Gasteiger charge is -2.54. The van der Waals surface area contributed by atoms with Crippen LogP contribution in [0.5, 0.6) is 0 Å². The van der Waals surface area contributed by atoms with Crippen LogP contribution in [-0.2, 0) is 4.74 Å². The highest BCUT2D eigenvalue weighted by atomic mass is 16.5. The van der Waals surface area contributed by atoms with Gasteiger partial charge in [-0.3, -0.25) is 4.98 Å². The average Bonchev–Trinajstić information content (AvgIpc) is 3.28. The molecule has 0 unspecified atom stereocenters. The first-order valence-corrected chi connectivity index (χ1v) is 12.2. The van der Waals surface area contributed by atoms with Crippen molar-refractivity contribution in [2.45, 2.75) is 81.5 Å². The zero-order valence-electron chi connectivity index (χ0n) is 18.4. The van der Waals surface area contributed by atoms with Crippen molar-refractivity contribution >= 4 is 10.8 Å². The van der Waals surface area contributed by atoms with E-state index in [0.29, 0.717) is 11.8 Å². The van der Waals surface area contributed by atoms with Crippen LogP contribution in [0.25, 0.3) is 10.8 Å². The summed E-state index contributed by atoms with van der Waals surface area (Å²) in [6, 6.07) is 9.45. The second-order valence-electron chi connectivity index (χ2n) is 11.2. The van der Waals surface area contributed by atoms with E-state index in [-0.39, 0.29) is 22.7 Å². The van der Waals surface area contributed by atoms with Crippen molar-refractivity contribution in [3.05, 3.63) is 65.5 Å². The molecule has 160 valence electrons. The highest BCUT2D eigenvalue weighted by Gasteiger charge is 2.66. The maximum Gasteiger partial charge on any atom is 0.0974 e. The van der Waals surface area contributed by atoms with E-state index in [4.69, 9.17) is 10.5 Å². The molecule has 0 radical (unpaired) electrons. The van der Waals surface area contributed by atoms with Gasteiger partial charge in [-0.05, 0) is 103 Å². The highest BCUT2D eigenvalue weighted by Crippen LogP contribution is 2.69. The molecule has 3 heterocycles. The van der Waals surface area contributed by atoms with Crippen LogP contribution in [0.3, 0.4) is 0 Å². The van der Waals surface area contributed by atoms with Gasteiger partial charge in [-0.2, -0.15) is 0 Å². The van der Waals surface area contributed by atoms with E-state index >= 15 is 0 Å². The van der Waals surface area contributed by atoms with Gasteiger partial charge in [0.1, 0.15) is 0 Å². The summed E-state index contributed by atoms with van der Waals surface area (Å²) < 4.78 is 7.26. The molecule has 1 aromatic carbocycles. The third-order valence-corrected chi connectivity index (χ3v) is 9.79. The summed E-state index contributed by atoms with van der Waals surface area (Å²) >= 11 is 0. The predicted octanol–water partition coefficient (Wildman–Crippen LogP) is 5.80. The number of ether oxygens (including phenoxy) is 1. The quantitative estimate of drug-likeness (QED) is 0.643. The van der Waals surface area contributed by atoms with Crippen molar-refractivity contribution in [2.24, 2.45) is 17.1 Å². The second kappa shape index (κ2) is 6.08. The summed E-state index contributed by atoms with van der Waals surface area (Å²) in [5, 5.41) is 2.54. The molecule has 5 aliphatic rings. The van der Waals surface area contributed by atoms with E-state index in [1.165, 1.54) is 46.7 Å². The second-order valence-corrected chi connectivity index (χ2v) is 11.2. The summed E-state index contributed by atoms with van der Waals surface area (Å²) in [6.07, 6.45) is 18.2. The normalized spacial score (nSPS) is 43.1. The number of benzene rings is 1. The number of hydrogen-bond donors (Lipinski definition) is 1. The van der Waals surface area contributed by atoms with Gasteiger partial charge in [0.25, 0.3) is 0 Å². The van der Waals surface area contributed by atoms with Gasteiger partial charge >= 0.3 is 0 Å². The van der Waals surface area contributed by atoms with Crippen molar-refractivity contribution in [3.8, 4) is 0 Å². The van der Waals surface area contributed by atoms with Gasteiger partial charge in [-0.15, -0.1) is 0 Å². The fourth-order valence-electron chi connectivity index (χ4n) is 8.31. The van der Waals surface area contributed by atoms with Gasteiger partial charge < -0.3 is 10.5 Å². The largest absolute Gasteiger partial charge is 0.359 e. The average molecular weight is 413 g/mol. The Balaban J connectivity index is 1.31. The number of nitrogens with two attached hydrogens (primary N) is 1. The monoisotopic (exact) mass is 412 g/mol. The van der Waals surface area contributed by atoms with E-state index in [1.54, 1.807) is 0 Å². The van der Waals surface area contributed by atoms with Crippen molar-refractivity contribution in [1.29, 1.82) is 0 Å². The lowest BCUT2D eigenvalue weighted by molar-refractivity contribution is -0.135. The first-order valence-electron chi connectivity index (χ1n) is 12.2. The Morgan fingerprint density at radius 3 is 2.97 bits per heavy atom. The minimum absolute atomic E-state index is 0.0695. The number of fused-ring (bicyclic) bond motifs is 2. The van der Waals surface area contributed by atoms with Crippen molar-refractivity contribution in [3.63, 3.8) is 0 Å². The number of hydrogen-bond acceptors (Lipinski definition) is 3. The van der Waals surface area contributed by atoms with Gasteiger partial charge in [-0.25, -0.2) is 0 Å². The summed E-state index contributed by atoms with van der Waals surface area (Å²) in [5.74, 6) is 1.17. The molecule has 0 amide bonds. The van der Waals surface area contributed by atoms with Gasteiger partial charge in [0.2, 0.25) is 0 Å². The Morgan fingerprint density at radius 2 is 2.03 bits per heavy atom. The molecule has 2 bridgehead atoms. The Bertz CT molecular complexity index is 1150. The highest BCUT2D eigenvalue weighted by molar-refractivity contribution is 5.82. The Morgan fingerprint density at radius 1 is 1.10 bits per heavy atom. The number of aromatic nitrogens is 1. The van der Waals surface area contributed by atoms with Crippen LogP contribution in [0, 0.1) is 11.3 Å². The summed E-state index contributed by atoms with van der Waals surface area (Å²) in [4.78, 5) is 4.36. The molecule has 2 saturated carbocycles. The number of pyridine rings is 1. The van der Waals surface area contributed by atoms with Crippen LogP contribution in [0.1, 0.15) is 69.8 Å². The molecule has 1 aromatic heterocycles. The fourth-order valence-corrected chi connectivity index (χ4v) is 8.31. The SMILES string of the molecule is C[C@]12CC=C3C=C4CC[C@@H](N)C[C@]45CC[C@]3(O5)[C@@H]1CC[C@@H]2c1ccc2ccncc2c1. The van der Waals surface area contributed by atoms with E-state index in [9.17, 15) is 0 Å². The molecule has 31 heavy (non-hydrogen) atoms. The molecular weight excluding hydrogens is 380 g/mol. The summed E-state index contributed by atoms with van der Waals surface area (Å²) in [5.41, 5.74) is 11.0. The molecule has 3 heteroatoms. The van der Waals surface area contributed by atoms with Gasteiger partial charge in [0.05, 0.1) is 11.2 Å². The van der Waals surface area contributed by atoms with E-state index in [2.05, 4.69) is 48.3 Å². The van der Waals surface area contributed by atoms with Crippen molar-refractivity contribution in [1.82, 2.24) is 4.98 Å². The first-order chi connectivity index (χ1) is 15.0. The van der Waals surface area contributed by atoms with Crippen LogP contribution in [0.4, 0.5) is 0 Å². The zero-order valence-corrected chi connectivity index (χ0v) is 18.4. The molecule has 6 atom stereocenters. The first kappa shape index (κ1) is 18.6. The minimum atomic E-state index is -0.0826. The van der Waals surface area contributed by atoms with Crippen LogP contribution in [-0.4, -0.2) is 22.2 Å². The lowest BCUT2D eigenvalue weighted by atomic mass is 9.58. The van der Waals surface area contributed by atoms with Gasteiger partial charge in [-0.1, -0.05) is 31.2 Å². The molecule has 3 aliphatic carbocycles. The van der Waals surface area contributed by atoms with Gasteiger partial charge in [0, 0.05) is 23.8 Å². The molecule has 7 rings (SSSR count). The molecule has 3 nitrogen and oxygen atoms in total. The zero-order chi connectivity index (χ0) is 20.8. The Kier molecular flexibility index (Phi) is 3.65. The van der Waals surface area contributed by atoms with E-state index in [1.807, 2.05) is 12.4 Å². The van der Waals surface area contributed by atoms with Crippen LogP contribution < -0.4 is 5.73 Å². The van der Waals surface area contributed by atoms with Crippen LogP contribution in [0.2, 0.25) is 0 Å². The standard InChI is InChI=1S/C28H32N2O/c1-26-10-8-22-15-21-4-5-23(29)16-27(21)11-12-28(22,31-27)25(26)7-6-24(26)19-3-2-18-9-13-30-17-20(18)14-19/h2-3,8-9,13-15,17,23-25H,4-7,10-12,16,29H2,1H3/t23-,24-,25-,26-,27-,28-/m1/s1. The Hall–Kier alpha value is -1.97. The molecule has 3 fully saturated rings. The van der Waals surface area contributed by atoms with Crippen LogP contribution >= 0.6 is 0 Å².